The molecule has 4 aromatic rings. The van der Waals surface area contributed by atoms with Gasteiger partial charge in [-0.2, -0.15) is 4.98 Å². The van der Waals surface area contributed by atoms with E-state index in [0.717, 1.165) is 70.2 Å². The highest BCUT2D eigenvalue weighted by Gasteiger charge is 2.23. The third-order valence-corrected chi connectivity index (χ3v) is 9.25. The van der Waals surface area contributed by atoms with Crippen LogP contribution in [0, 0.1) is 0 Å². The van der Waals surface area contributed by atoms with Crippen molar-refractivity contribution >= 4 is 96.3 Å². The number of aromatic nitrogens is 4. The van der Waals surface area contributed by atoms with Gasteiger partial charge >= 0.3 is 0 Å². The van der Waals surface area contributed by atoms with Gasteiger partial charge in [0.05, 0.1) is 57.0 Å². The number of hydrogen-bond acceptors (Lipinski definition) is 11. The number of rotatable bonds is 8. The number of anilines is 6. The molecule has 0 unspecified atom stereocenters. The molecule has 0 N–H and O–H groups in total. The highest BCUT2D eigenvalue weighted by Crippen LogP contribution is 2.44. The quantitative estimate of drug-likeness (QED) is 0.123. The Labute approximate surface area is 261 Å². The molecule has 0 amide bonds. The molecular formula is C27H31BrIN9OS. The molecule has 10 nitrogen and oxygen atoms in total. The number of likely N-dealkylation sites (N-methyl/N-ethyl adjacent to an activating group) is 1. The Kier molecular flexibility index (Phi) is 9.02. The van der Waals surface area contributed by atoms with Crippen molar-refractivity contribution < 1.29 is 4.74 Å². The maximum Gasteiger partial charge on any atom is 0.231 e. The van der Waals surface area contributed by atoms with Gasteiger partial charge in [-0.15, -0.1) is 0 Å². The molecule has 0 radical (unpaired) electrons. The zero-order chi connectivity index (χ0) is 28.4. The van der Waals surface area contributed by atoms with Crippen molar-refractivity contribution in [2.45, 2.75) is 0 Å². The van der Waals surface area contributed by atoms with E-state index in [1.54, 1.807) is 37.6 Å². The minimum Gasteiger partial charge on any atom is -0.494 e. The molecule has 210 valence electrons. The lowest BCUT2D eigenvalue weighted by atomic mass is 10.2. The van der Waals surface area contributed by atoms with Crippen LogP contribution in [0.2, 0.25) is 0 Å². The zero-order valence-corrected chi connectivity index (χ0v) is 27.6. The molecule has 40 heavy (non-hydrogen) atoms. The summed E-state index contributed by atoms with van der Waals surface area (Å²) in [5.41, 5.74) is 5.59. The van der Waals surface area contributed by atoms with Crippen molar-refractivity contribution in [1.82, 2.24) is 24.8 Å². The van der Waals surface area contributed by atoms with E-state index in [-0.39, 0.29) is 0 Å². The minimum atomic E-state index is 0.547. The summed E-state index contributed by atoms with van der Waals surface area (Å²) in [6.07, 6.45) is 7.25. The molecule has 0 saturated carbocycles. The molecule has 1 saturated heterocycles. The summed E-state index contributed by atoms with van der Waals surface area (Å²) in [6, 6.07) is 10.3. The fourth-order valence-electron chi connectivity index (χ4n) is 4.65. The summed E-state index contributed by atoms with van der Waals surface area (Å²) in [7, 11) is 7.84. The predicted molar refractivity (Wildman–Crippen MR) is 178 cm³/mol. The van der Waals surface area contributed by atoms with Crippen molar-refractivity contribution in [3.8, 4) is 5.75 Å². The van der Waals surface area contributed by atoms with Gasteiger partial charge in [-0.25, -0.2) is 4.98 Å². The molecule has 1 aliphatic rings. The van der Waals surface area contributed by atoms with Crippen molar-refractivity contribution in [2.75, 3.05) is 77.9 Å². The van der Waals surface area contributed by atoms with Crippen molar-refractivity contribution in [1.29, 1.82) is 0 Å². The van der Waals surface area contributed by atoms with Gasteiger partial charge in [-0.05, 0) is 47.2 Å². The van der Waals surface area contributed by atoms with Crippen LogP contribution in [0.5, 0.6) is 5.75 Å². The first-order valence-corrected chi connectivity index (χ1v) is 15.6. The van der Waals surface area contributed by atoms with Crippen LogP contribution >= 0.6 is 50.7 Å². The van der Waals surface area contributed by atoms with E-state index < -0.39 is 0 Å². The second kappa shape index (κ2) is 12.5. The SMILES string of the molecule is COc1cc(N2CCN(C)CC2)ccc1N(C)c1ncc(Br)c(N(I)c2ccc3nccnc3c2N(C)SC)n1. The molecular weight excluding hydrogens is 705 g/mol. The molecule has 2 aromatic carbocycles. The van der Waals surface area contributed by atoms with Crippen LogP contribution in [0.25, 0.3) is 11.0 Å². The number of fused-ring (bicyclic) bond motifs is 1. The predicted octanol–water partition coefficient (Wildman–Crippen LogP) is 5.91. The highest BCUT2D eigenvalue weighted by atomic mass is 127. The summed E-state index contributed by atoms with van der Waals surface area (Å²) in [5, 5.41) is 0. The maximum absolute atomic E-state index is 5.83. The Hall–Kier alpha value is -2.62. The second-order valence-corrected chi connectivity index (χ2v) is 12.1. The van der Waals surface area contributed by atoms with Crippen LogP contribution in [-0.2, 0) is 0 Å². The van der Waals surface area contributed by atoms with Crippen molar-refractivity contribution in [2.24, 2.45) is 0 Å². The lowest BCUT2D eigenvalue weighted by Crippen LogP contribution is -2.44. The van der Waals surface area contributed by atoms with Crippen LogP contribution in [-0.4, -0.2) is 85.5 Å². The molecule has 1 aliphatic heterocycles. The van der Waals surface area contributed by atoms with Crippen LogP contribution in [0.1, 0.15) is 0 Å². The fourth-order valence-corrected chi connectivity index (χ4v) is 6.47. The van der Waals surface area contributed by atoms with Crippen LogP contribution in [0.3, 0.4) is 0 Å². The van der Waals surface area contributed by atoms with Gasteiger partial charge in [0.15, 0.2) is 5.82 Å². The Morgan fingerprint density at radius 2 is 1.73 bits per heavy atom. The van der Waals surface area contributed by atoms with E-state index in [1.165, 1.54) is 0 Å². The topological polar surface area (TPSA) is 77.0 Å². The van der Waals surface area contributed by atoms with Gasteiger partial charge in [-0.1, -0.05) is 11.9 Å². The number of methoxy groups -OCH3 is 1. The molecule has 0 bridgehead atoms. The molecule has 0 aliphatic carbocycles. The number of ether oxygens (including phenoxy) is 1. The summed E-state index contributed by atoms with van der Waals surface area (Å²) >= 11 is 7.57. The van der Waals surface area contributed by atoms with E-state index in [0.29, 0.717) is 11.8 Å². The molecule has 0 spiro atoms. The van der Waals surface area contributed by atoms with Gasteiger partial charge in [-0.3, -0.25) is 13.1 Å². The second-order valence-electron chi connectivity index (χ2n) is 9.37. The van der Waals surface area contributed by atoms with Crippen LogP contribution in [0.4, 0.5) is 34.5 Å². The highest BCUT2D eigenvalue weighted by molar-refractivity contribution is 14.1. The third kappa shape index (κ3) is 5.74. The molecule has 3 heterocycles. The standard InChI is InChI=1S/C27H31BrIN9OS/c1-34-12-14-37(15-13-34)18-6-8-21(23(16-18)39-4)35(2)27-32-17-19(28)26(33-27)38(29)22-9-7-20-24(31-11-10-30-20)25(22)36(3)40-5/h6-11,16-17H,12-15H2,1-5H3. The summed E-state index contributed by atoms with van der Waals surface area (Å²) in [5.74, 6) is 2.03. The van der Waals surface area contributed by atoms with Gasteiger partial charge < -0.3 is 23.7 Å². The maximum atomic E-state index is 5.83. The van der Waals surface area contributed by atoms with Crippen LogP contribution in [0.15, 0.2) is 53.4 Å². The largest absolute Gasteiger partial charge is 0.494 e. The number of halogens is 2. The normalized spacial score (nSPS) is 13.9. The molecule has 1 fully saturated rings. The monoisotopic (exact) mass is 735 g/mol. The van der Waals surface area contributed by atoms with Crippen molar-refractivity contribution in [3.05, 3.63) is 53.4 Å². The molecule has 2 aromatic heterocycles. The lowest BCUT2D eigenvalue weighted by Gasteiger charge is -2.34. The summed E-state index contributed by atoms with van der Waals surface area (Å²) in [6.45, 7) is 4.08. The average molecular weight is 736 g/mol. The number of nitrogens with zero attached hydrogens (tertiary/aromatic N) is 9. The van der Waals surface area contributed by atoms with E-state index in [2.05, 4.69) is 93.1 Å². The Morgan fingerprint density at radius 3 is 2.45 bits per heavy atom. The van der Waals surface area contributed by atoms with E-state index in [1.807, 2.05) is 40.5 Å². The average Bonchev–Trinajstić information content (AvgIpc) is 2.99. The Morgan fingerprint density at radius 1 is 1.00 bits per heavy atom. The Bertz CT molecular complexity index is 1500. The van der Waals surface area contributed by atoms with Gasteiger partial charge in [0.1, 0.15) is 11.3 Å². The first-order chi connectivity index (χ1) is 19.3. The Balaban J connectivity index is 1.49. The fraction of sp³-hybridized carbons (Fsp3) is 0.333. The first kappa shape index (κ1) is 28.9. The minimum absolute atomic E-state index is 0.547. The van der Waals surface area contributed by atoms with Gasteiger partial charge in [0, 0.05) is 76.9 Å². The van der Waals surface area contributed by atoms with Gasteiger partial charge in [0.25, 0.3) is 0 Å². The van der Waals surface area contributed by atoms with E-state index in [9.17, 15) is 0 Å². The number of piperazine rings is 1. The molecule has 0 atom stereocenters. The first-order valence-electron chi connectivity index (χ1n) is 12.7. The number of benzene rings is 2. The third-order valence-electron chi connectivity index (χ3n) is 6.98. The summed E-state index contributed by atoms with van der Waals surface area (Å²) in [4.78, 5) is 25.5. The zero-order valence-electron chi connectivity index (χ0n) is 23.0. The van der Waals surface area contributed by atoms with E-state index in [4.69, 9.17) is 9.72 Å². The van der Waals surface area contributed by atoms with Crippen molar-refractivity contribution in [3.63, 3.8) is 0 Å². The summed E-state index contributed by atoms with van der Waals surface area (Å²) < 4.78 is 10.7. The lowest BCUT2D eigenvalue weighted by molar-refractivity contribution is 0.312. The smallest absolute Gasteiger partial charge is 0.231 e. The van der Waals surface area contributed by atoms with Crippen LogP contribution < -0.4 is 22.0 Å². The molecule has 13 heteroatoms. The van der Waals surface area contributed by atoms with E-state index >= 15 is 0 Å². The molecule has 5 rings (SSSR count). The number of hydrogen-bond donors (Lipinski definition) is 0. The van der Waals surface area contributed by atoms with Gasteiger partial charge in [0.2, 0.25) is 5.95 Å².